The summed E-state index contributed by atoms with van der Waals surface area (Å²) in [5, 5.41) is 2.94. The van der Waals surface area contributed by atoms with Gasteiger partial charge in [-0.2, -0.15) is 11.8 Å². The van der Waals surface area contributed by atoms with Gasteiger partial charge in [-0.1, -0.05) is 6.92 Å². The van der Waals surface area contributed by atoms with Crippen molar-refractivity contribution >= 4 is 30.1 Å². The van der Waals surface area contributed by atoms with Crippen LogP contribution in [0.2, 0.25) is 0 Å². The first-order valence-electron chi connectivity index (χ1n) is 6.88. The highest BCUT2D eigenvalue weighted by molar-refractivity contribution is 7.98. The molecule has 114 valence electrons. The minimum atomic E-state index is -0.349. The molecule has 3 N–H and O–H groups in total. The lowest BCUT2D eigenvalue weighted by atomic mass is 10.0. The van der Waals surface area contributed by atoms with Crippen molar-refractivity contribution in [1.29, 1.82) is 0 Å². The Morgan fingerprint density at radius 1 is 1.58 bits per heavy atom. The largest absolute Gasteiger partial charge is 0.353 e. The second-order valence-corrected chi connectivity index (χ2v) is 6.21. The van der Waals surface area contributed by atoms with Crippen molar-refractivity contribution in [2.24, 2.45) is 11.7 Å². The Balaban J connectivity index is 0.00000324. The van der Waals surface area contributed by atoms with Gasteiger partial charge in [0.2, 0.25) is 5.91 Å². The van der Waals surface area contributed by atoms with Crippen LogP contribution in [0.3, 0.4) is 0 Å². The molecule has 6 heteroatoms. The Bertz CT molecular complexity index is 256. The topological polar surface area (TPSA) is 58.4 Å². The summed E-state index contributed by atoms with van der Waals surface area (Å²) in [6, 6.07) is -0.349. The van der Waals surface area contributed by atoms with Crippen molar-refractivity contribution in [3.8, 4) is 0 Å². The molecular weight excluding hydrogens is 282 g/mol. The summed E-state index contributed by atoms with van der Waals surface area (Å²) < 4.78 is 0. The van der Waals surface area contributed by atoms with Gasteiger partial charge >= 0.3 is 0 Å². The van der Waals surface area contributed by atoms with Gasteiger partial charge in [-0.25, -0.2) is 0 Å². The lowest BCUT2D eigenvalue weighted by Crippen LogP contribution is -2.45. The van der Waals surface area contributed by atoms with Crippen LogP contribution < -0.4 is 11.1 Å². The van der Waals surface area contributed by atoms with Crippen LogP contribution in [0.5, 0.6) is 0 Å². The number of rotatable bonds is 7. The van der Waals surface area contributed by atoms with Crippen molar-refractivity contribution in [1.82, 2.24) is 10.2 Å². The zero-order chi connectivity index (χ0) is 13.4. The molecule has 19 heavy (non-hydrogen) atoms. The molecule has 0 aromatic rings. The van der Waals surface area contributed by atoms with Crippen LogP contribution >= 0.6 is 24.2 Å². The summed E-state index contributed by atoms with van der Waals surface area (Å²) >= 11 is 1.73. The fourth-order valence-electron chi connectivity index (χ4n) is 2.33. The number of nitrogens with zero attached hydrogens (tertiary/aromatic N) is 1. The molecule has 0 radical (unpaired) electrons. The Morgan fingerprint density at radius 2 is 2.32 bits per heavy atom. The maximum Gasteiger partial charge on any atom is 0.236 e. The lowest BCUT2D eigenvalue weighted by Gasteiger charge is -2.30. The van der Waals surface area contributed by atoms with E-state index in [4.69, 9.17) is 5.73 Å². The Morgan fingerprint density at radius 3 is 2.95 bits per heavy atom. The number of halogens is 1. The normalized spacial score (nSPS) is 21.5. The zero-order valence-electron chi connectivity index (χ0n) is 12.1. The van der Waals surface area contributed by atoms with Gasteiger partial charge in [-0.15, -0.1) is 12.4 Å². The molecule has 1 unspecified atom stereocenters. The van der Waals surface area contributed by atoms with Crippen molar-refractivity contribution in [2.45, 2.75) is 32.2 Å². The van der Waals surface area contributed by atoms with Crippen LogP contribution in [-0.2, 0) is 4.79 Å². The van der Waals surface area contributed by atoms with E-state index in [9.17, 15) is 4.79 Å². The third-order valence-corrected chi connectivity index (χ3v) is 4.08. The summed E-state index contributed by atoms with van der Waals surface area (Å²) in [4.78, 5) is 14.1. The summed E-state index contributed by atoms with van der Waals surface area (Å²) in [5.74, 6) is 1.73. The third-order valence-electron chi connectivity index (χ3n) is 3.44. The minimum Gasteiger partial charge on any atom is -0.353 e. The number of hydrogen-bond acceptors (Lipinski definition) is 4. The van der Waals surface area contributed by atoms with Crippen LogP contribution in [0.15, 0.2) is 0 Å². The number of nitrogens with one attached hydrogen (secondary N) is 1. The Labute approximate surface area is 127 Å². The number of thioether (sulfide) groups is 1. The average molecular weight is 310 g/mol. The van der Waals surface area contributed by atoms with E-state index in [-0.39, 0.29) is 24.4 Å². The van der Waals surface area contributed by atoms with Crippen LogP contribution in [-0.4, -0.2) is 55.0 Å². The molecule has 1 heterocycles. The Kier molecular flexibility index (Phi) is 10.8. The zero-order valence-corrected chi connectivity index (χ0v) is 13.7. The van der Waals surface area contributed by atoms with E-state index in [1.807, 2.05) is 6.26 Å². The van der Waals surface area contributed by atoms with Crippen LogP contribution in [0.4, 0.5) is 0 Å². The number of piperidine rings is 1. The third kappa shape index (κ3) is 8.02. The molecule has 1 aliphatic rings. The summed E-state index contributed by atoms with van der Waals surface area (Å²) in [6.45, 7) is 6.29. The molecule has 1 fully saturated rings. The first kappa shape index (κ1) is 19.0. The van der Waals surface area contributed by atoms with E-state index >= 15 is 0 Å². The molecule has 4 nitrogen and oxygen atoms in total. The number of amides is 1. The van der Waals surface area contributed by atoms with Gasteiger partial charge in [0, 0.05) is 19.6 Å². The number of hydrogen-bond donors (Lipinski definition) is 2. The Hall–Kier alpha value is 0.0300. The van der Waals surface area contributed by atoms with Crippen molar-refractivity contribution in [3.05, 3.63) is 0 Å². The lowest BCUT2D eigenvalue weighted by molar-refractivity contribution is -0.122. The minimum absolute atomic E-state index is 0. The number of nitrogens with two attached hydrogens (primary N) is 1. The number of carbonyl (C=O) groups is 1. The fraction of sp³-hybridized carbons (Fsp3) is 0.923. The van der Waals surface area contributed by atoms with E-state index in [1.165, 1.54) is 19.4 Å². The fourth-order valence-corrected chi connectivity index (χ4v) is 2.82. The first-order valence-corrected chi connectivity index (χ1v) is 8.27. The quantitative estimate of drug-likeness (QED) is 0.745. The van der Waals surface area contributed by atoms with Crippen molar-refractivity contribution in [2.75, 3.05) is 38.2 Å². The summed E-state index contributed by atoms with van der Waals surface area (Å²) in [7, 11) is 0. The monoisotopic (exact) mass is 309 g/mol. The van der Waals surface area contributed by atoms with E-state index in [2.05, 4.69) is 17.1 Å². The van der Waals surface area contributed by atoms with Crippen molar-refractivity contribution < 1.29 is 4.79 Å². The molecule has 0 aromatic heterocycles. The maximum absolute atomic E-state index is 11.7. The molecule has 0 aliphatic carbocycles. The smallest absolute Gasteiger partial charge is 0.236 e. The molecule has 0 bridgehead atoms. The highest BCUT2D eigenvalue weighted by atomic mass is 35.5. The number of carbonyl (C=O) groups excluding carboxylic acids is 1. The van der Waals surface area contributed by atoms with Gasteiger partial charge < -0.3 is 16.0 Å². The van der Waals surface area contributed by atoms with Crippen molar-refractivity contribution in [3.63, 3.8) is 0 Å². The molecule has 2 atom stereocenters. The summed E-state index contributed by atoms with van der Waals surface area (Å²) in [6.07, 6.45) is 5.40. The predicted molar refractivity (Wildman–Crippen MR) is 86.1 cm³/mol. The second-order valence-electron chi connectivity index (χ2n) is 5.23. The molecular formula is C13H28ClN3OS. The first-order chi connectivity index (χ1) is 8.63. The molecule has 1 aliphatic heterocycles. The van der Waals surface area contributed by atoms with E-state index in [0.717, 1.165) is 37.7 Å². The molecule has 1 rings (SSSR count). The molecule has 0 saturated carbocycles. The highest BCUT2D eigenvalue weighted by Gasteiger charge is 2.16. The van der Waals surface area contributed by atoms with Crippen LogP contribution in [0.25, 0.3) is 0 Å². The average Bonchev–Trinajstić information content (AvgIpc) is 2.35. The highest BCUT2D eigenvalue weighted by Crippen LogP contribution is 2.14. The van der Waals surface area contributed by atoms with Gasteiger partial charge in [0.25, 0.3) is 0 Å². The van der Waals surface area contributed by atoms with Gasteiger partial charge in [0.1, 0.15) is 0 Å². The maximum atomic E-state index is 11.7. The molecule has 1 saturated heterocycles. The summed E-state index contributed by atoms with van der Waals surface area (Å²) in [5.41, 5.74) is 5.81. The number of likely N-dealkylation sites (tertiary alicyclic amines) is 1. The van der Waals surface area contributed by atoms with Gasteiger partial charge in [0.05, 0.1) is 6.04 Å². The standard InChI is InChI=1S/C13H27N3OS.ClH/c1-11-4-3-7-16(10-11)8-6-15-13(17)12(14)5-9-18-2;/h11-12H,3-10,14H2,1-2H3,(H,15,17);1H/t11?,12-;/m0./s1. The van der Waals surface area contributed by atoms with E-state index < -0.39 is 0 Å². The predicted octanol–water partition coefficient (Wildman–Crippen LogP) is 1.34. The van der Waals surface area contributed by atoms with Crippen LogP contribution in [0.1, 0.15) is 26.2 Å². The molecule has 0 spiro atoms. The van der Waals surface area contributed by atoms with E-state index in [1.54, 1.807) is 11.8 Å². The van der Waals surface area contributed by atoms with Gasteiger partial charge in [0.15, 0.2) is 0 Å². The molecule has 0 aromatic carbocycles. The van der Waals surface area contributed by atoms with Gasteiger partial charge in [-0.05, 0) is 43.7 Å². The second kappa shape index (κ2) is 10.8. The van der Waals surface area contributed by atoms with E-state index in [0.29, 0.717) is 0 Å². The SMILES string of the molecule is CSCC[C@H](N)C(=O)NCCN1CCCC(C)C1.Cl. The van der Waals surface area contributed by atoms with Gasteiger partial charge in [-0.3, -0.25) is 4.79 Å². The molecule has 1 amide bonds. The van der Waals surface area contributed by atoms with Crippen LogP contribution in [0, 0.1) is 5.92 Å².